The molecule has 9 nitrogen and oxygen atoms in total. The van der Waals surface area contributed by atoms with Crippen molar-refractivity contribution in [2.45, 2.75) is 64.5 Å². The zero-order valence-corrected chi connectivity index (χ0v) is 22.9. The standard InChI is InChI=1S/C29H35F2N5O4/c1-15-10-19(35-23(37)13-39-3)7-8-21(15)36-29(38)24-16(2)34-27-25(32-14-33-26(24)27)20-11-18(28(30)31)6-9-22(20)40-12-17-4-5-17/h6,9,11,14-15,17,19,21,28,34H,4-5,7-8,10,12-13H2,1-3H3,(H,35,37)(H,36,38)/t15-,19-,21+/m1/s1. The van der Waals surface area contributed by atoms with E-state index in [1.807, 2.05) is 0 Å². The molecule has 2 fully saturated rings. The first-order valence-electron chi connectivity index (χ1n) is 13.7. The van der Waals surface area contributed by atoms with E-state index >= 15 is 0 Å². The number of amides is 2. The van der Waals surface area contributed by atoms with Gasteiger partial charge in [0.05, 0.1) is 17.7 Å². The lowest BCUT2D eigenvalue weighted by Crippen LogP contribution is -2.48. The average Bonchev–Trinajstić information content (AvgIpc) is 3.68. The highest BCUT2D eigenvalue weighted by Crippen LogP contribution is 2.38. The van der Waals surface area contributed by atoms with Gasteiger partial charge in [0, 0.05) is 36.0 Å². The first kappa shape index (κ1) is 27.9. The number of alkyl halides is 2. The molecular weight excluding hydrogens is 520 g/mol. The van der Waals surface area contributed by atoms with E-state index in [4.69, 9.17) is 9.47 Å². The number of aromatic nitrogens is 3. The molecule has 0 saturated heterocycles. The highest BCUT2D eigenvalue weighted by atomic mass is 19.3. The minimum Gasteiger partial charge on any atom is -0.493 e. The van der Waals surface area contributed by atoms with Crippen molar-refractivity contribution in [1.82, 2.24) is 25.6 Å². The molecule has 0 spiro atoms. The van der Waals surface area contributed by atoms with E-state index in [1.54, 1.807) is 13.0 Å². The quantitative estimate of drug-likeness (QED) is 0.334. The normalized spacial score (nSPS) is 21.0. The number of hydrogen-bond acceptors (Lipinski definition) is 6. The fourth-order valence-corrected chi connectivity index (χ4v) is 5.47. The van der Waals surface area contributed by atoms with Crippen LogP contribution in [0.15, 0.2) is 24.5 Å². The summed E-state index contributed by atoms with van der Waals surface area (Å²) in [5.41, 5.74) is 2.61. The molecule has 40 heavy (non-hydrogen) atoms. The second-order valence-corrected chi connectivity index (χ2v) is 10.9. The van der Waals surface area contributed by atoms with E-state index in [0.717, 1.165) is 25.7 Å². The van der Waals surface area contributed by atoms with Crippen LogP contribution in [-0.2, 0) is 9.53 Å². The predicted molar refractivity (Wildman–Crippen MR) is 145 cm³/mol. The van der Waals surface area contributed by atoms with E-state index < -0.39 is 6.43 Å². The molecule has 0 bridgehead atoms. The summed E-state index contributed by atoms with van der Waals surface area (Å²) in [5.74, 6) is 0.684. The molecule has 2 amide bonds. The van der Waals surface area contributed by atoms with Crippen molar-refractivity contribution in [3.05, 3.63) is 41.3 Å². The number of methoxy groups -OCH3 is 1. The maximum Gasteiger partial charge on any atom is 0.263 e. The van der Waals surface area contributed by atoms with Crippen LogP contribution < -0.4 is 15.4 Å². The van der Waals surface area contributed by atoms with Gasteiger partial charge in [-0.25, -0.2) is 18.7 Å². The summed E-state index contributed by atoms with van der Waals surface area (Å²) in [4.78, 5) is 37.5. The zero-order valence-electron chi connectivity index (χ0n) is 22.9. The summed E-state index contributed by atoms with van der Waals surface area (Å²) in [7, 11) is 1.48. The van der Waals surface area contributed by atoms with Crippen LogP contribution >= 0.6 is 0 Å². The van der Waals surface area contributed by atoms with E-state index in [0.29, 0.717) is 58.2 Å². The van der Waals surface area contributed by atoms with E-state index in [9.17, 15) is 18.4 Å². The molecule has 5 rings (SSSR count). The molecular formula is C29H35F2N5O4. The summed E-state index contributed by atoms with van der Waals surface area (Å²) in [6, 6.07) is 4.30. The lowest BCUT2D eigenvalue weighted by Gasteiger charge is -2.35. The van der Waals surface area contributed by atoms with Crippen LogP contribution in [0.25, 0.3) is 22.3 Å². The average molecular weight is 556 g/mol. The van der Waals surface area contributed by atoms with Gasteiger partial charge in [-0.05, 0) is 69.1 Å². The van der Waals surface area contributed by atoms with Crippen LogP contribution in [0.1, 0.15) is 67.1 Å². The Hall–Kier alpha value is -3.60. The number of aryl methyl sites for hydroxylation is 1. The van der Waals surface area contributed by atoms with Gasteiger partial charge in [-0.2, -0.15) is 0 Å². The Kier molecular flexibility index (Phi) is 8.30. The molecule has 0 aliphatic heterocycles. The highest BCUT2D eigenvalue weighted by molar-refractivity contribution is 6.09. The molecule has 2 saturated carbocycles. The Morgan fingerprint density at radius 1 is 1.15 bits per heavy atom. The van der Waals surface area contributed by atoms with Gasteiger partial charge >= 0.3 is 0 Å². The number of carbonyl (C=O) groups is 2. The number of carbonyl (C=O) groups excluding carboxylic acids is 2. The summed E-state index contributed by atoms with van der Waals surface area (Å²) < 4.78 is 38.1. The van der Waals surface area contributed by atoms with Crippen molar-refractivity contribution in [2.24, 2.45) is 11.8 Å². The van der Waals surface area contributed by atoms with Gasteiger partial charge in [-0.1, -0.05) is 6.92 Å². The number of rotatable bonds is 10. The lowest BCUT2D eigenvalue weighted by molar-refractivity contribution is -0.125. The van der Waals surface area contributed by atoms with Gasteiger partial charge in [-0.3, -0.25) is 9.59 Å². The number of nitrogens with zero attached hydrogens (tertiary/aromatic N) is 2. The zero-order chi connectivity index (χ0) is 28.4. The molecule has 0 unspecified atom stereocenters. The molecule has 3 N–H and O–H groups in total. The topological polar surface area (TPSA) is 118 Å². The van der Waals surface area contributed by atoms with E-state index in [2.05, 4.69) is 32.5 Å². The molecule has 1 aromatic carbocycles. The number of ether oxygens (including phenoxy) is 2. The number of hydrogen-bond donors (Lipinski definition) is 3. The third-order valence-electron chi connectivity index (χ3n) is 7.81. The minimum absolute atomic E-state index is 0.0231. The summed E-state index contributed by atoms with van der Waals surface area (Å²) in [6.45, 7) is 4.38. The maximum atomic E-state index is 13.6. The van der Waals surface area contributed by atoms with Crippen molar-refractivity contribution in [3.8, 4) is 17.0 Å². The molecule has 0 radical (unpaired) electrons. The fraction of sp³-hybridized carbons (Fsp3) is 0.517. The Morgan fingerprint density at radius 2 is 1.95 bits per heavy atom. The largest absolute Gasteiger partial charge is 0.493 e. The first-order chi connectivity index (χ1) is 19.2. The van der Waals surface area contributed by atoms with Crippen LogP contribution in [0.5, 0.6) is 5.75 Å². The van der Waals surface area contributed by atoms with Crippen LogP contribution in [0, 0.1) is 18.8 Å². The van der Waals surface area contributed by atoms with Gasteiger partial charge < -0.3 is 25.1 Å². The summed E-state index contributed by atoms with van der Waals surface area (Å²) >= 11 is 0. The molecule has 3 atom stereocenters. The predicted octanol–water partition coefficient (Wildman–Crippen LogP) is 4.71. The monoisotopic (exact) mass is 555 g/mol. The van der Waals surface area contributed by atoms with Crippen LogP contribution in [0.2, 0.25) is 0 Å². The molecule has 3 aromatic rings. The third kappa shape index (κ3) is 6.09. The smallest absolute Gasteiger partial charge is 0.263 e. The van der Waals surface area contributed by atoms with Crippen LogP contribution in [0.4, 0.5) is 8.78 Å². The number of nitrogens with one attached hydrogen (secondary N) is 3. The fourth-order valence-electron chi connectivity index (χ4n) is 5.47. The Balaban J connectivity index is 1.39. The van der Waals surface area contributed by atoms with Gasteiger partial charge in [0.15, 0.2) is 0 Å². The van der Waals surface area contributed by atoms with E-state index in [1.165, 1.54) is 25.6 Å². The molecule has 2 aliphatic rings. The SMILES string of the molecule is COCC(=O)N[C@@H]1CC[C@H](NC(=O)c2c(C)[nH]c3c(-c4cc(C(F)F)ccc4OCC4CC4)ncnc23)[C@H](C)C1. The van der Waals surface area contributed by atoms with Crippen molar-refractivity contribution in [1.29, 1.82) is 0 Å². The summed E-state index contributed by atoms with van der Waals surface area (Å²) in [5, 5.41) is 6.14. The molecule has 11 heteroatoms. The number of benzene rings is 1. The Bertz CT molecular complexity index is 1390. The van der Waals surface area contributed by atoms with E-state index in [-0.39, 0.29) is 42.0 Å². The highest BCUT2D eigenvalue weighted by Gasteiger charge is 2.31. The van der Waals surface area contributed by atoms with Crippen molar-refractivity contribution in [2.75, 3.05) is 20.3 Å². The molecule has 2 aromatic heterocycles. The molecule has 214 valence electrons. The number of aromatic amines is 1. The summed E-state index contributed by atoms with van der Waals surface area (Å²) in [6.07, 6.45) is 3.09. The molecule has 2 heterocycles. The number of H-pyrrole nitrogens is 1. The van der Waals surface area contributed by atoms with Gasteiger partial charge in [-0.15, -0.1) is 0 Å². The van der Waals surface area contributed by atoms with Crippen LogP contribution in [-0.4, -0.2) is 59.2 Å². The van der Waals surface area contributed by atoms with Gasteiger partial charge in [0.1, 0.15) is 29.9 Å². The van der Waals surface area contributed by atoms with Crippen molar-refractivity contribution < 1.29 is 27.8 Å². The number of fused-ring (bicyclic) bond motifs is 1. The van der Waals surface area contributed by atoms with Crippen molar-refractivity contribution in [3.63, 3.8) is 0 Å². The second kappa shape index (κ2) is 11.9. The Morgan fingerprint density at radius 3 is 2.65 bits per heavy atom. The van der Waals surface area contributed by atoms with Gasteiger partial charge in [0.25, 0.3) is 12.3 Å². The third-order valence-corrected chi connectivity index (χ3v) is 7.81. The lowest BCUT2D eigenvalue weighted by atomic mass is 9.82. The van der Waals surface area contributed by atoms with Gasteiger partial charge in [0.2, 0.25) is 5.91 Å². The van der Waals surface area contributed by atoms with Crippen molar-refractivity contribution >= 4 is 22.8 Å². The Labute approximate surface area is 231 Å². The minimum atomic E-state index is -2.65. The molecule has 2 aliphatic carbocycles. The van der Waals surface area contributed by atoms with Crippen LogP contribution in [0.3, 0.4) is 0 Å². The second-order valence-electron chi connectivity index (χ2n) is 10.9. The number of halogens is 2. The maximum absolute atomic E-state index is 13.6. The first-order valence-corrected chi connectivity index (χ1v) is 13.7.